The van der Waals surface area contributed by atoms with Crippen LogP contribution in [-0.2, 0) is 23.9 Å². The molecule has 11 heteroatoms. The minimum atomic E-state index is -1.35. The Kier molecular flexibility index (Phi) is 9.29. The predicted octanol–water partition coefficient (Wildman–Crippen LogP) is 0.126. The fourth-order valence-corrected chi connectivity index (χ4v) is 4.74. The zero-order valence-corrected chi connectivity index (χ0v) is 20.8. The van der Waals surface area contributed by atoms with Crippen molar-refractivity contribution in [3.05, 3.63) is 0 Å². The number of nitrogens with zero attached hydrogens (tertiary/aromatic N) is 1. The Hall–Kier alpha value is -2.40. The number of esters is 2. The zero-order chi connectivity index (χ0) is 25.8. The van der Waals surface area contributed by atoms with Gasteiger partial charge in [-0.3, -0.25) is 14.4 Å². The van der Waals surface area contributed by atoms with Crippen LogP contribution in [0.1, 0.15) is 66.7 Å². The van der Waals surface area contributed by atoms with E-state index in [0.717, 1.165) is 12.8 Å². The van der Waals surface area contributed by atoms with Crippen LogP contribution in [0.5, 0.6) is 0 Å². The molecular formula is C23H41N5O6. The van der Waals surface area contributed by atoms with E-state index in [2.05, 4.69) is 10.3 Å². The van der Waals surface area contributed by atoms with Crippen molar-refractivity contribution in [2.75, 3.05) is 0 Å². The monoisotopic (exact) mass is 483 g/mol. The van der Waals surface area contributed by atoms with Gasteiger partial charge in [0.05, 0.1) is 18.1 Å². The molecule has 0 saturated heterocycles. The molecule has 0 aliphatic heterocycles. The first-order valence-electron chi connectivity index (χ1n) is 12.1. The highest BCUT2D eigenvalue weighted by Gasteiger charge is 2.56. The molecule has 0 radical (unpaired) electrons. The molecule has 1 amide bonds. The summed E-state index contributed by atoms with van der Waals surface area (Å²) in [4.78, 5) is 41.7. The Morgan fingerprint density at radius 3 is 2.18 bits per heavy atom. The summed E-state index contributed by atoms with van der Waals surface area (Å²) in [5, 5.41) is 14.2. The molecular weight excluding hydrogens is 442 g/mol. The van der Waals surface area contributed by atoms with Gasteiger partial charge in [-0.1, -0.05) is 40.5 Å². The minimum absolute atomic E-state index is 0.0447. The summed E-state index contributed by atoms with van der Waals surface area (Å²) in [6.45, 7) is 8.99. The molecule has 8 N–H and O–H groups in total. The maximum atomic E-state index is 13.1. The Morgan fingerprint density at radius 2 is 1.74 bits per heavy atom. The molecule has 2 fully saturated rings. The number of nitrogens with one attached hydrogen (secondary N) is 1. The Balaban J connectivity index is 2.24. The van der Waals surface area contributed by atoms with Gasteiger partial charge in [-0.25, -0.2) is 4.99 Å². The summed E-state index contributed by atoms with van der Waals surface area (Å²) >= 11 is 0. The van der Waals surface area contributed by atoms with E-state index >= 15 is 0 Å². The molecule has 0 bridgehead atoms. The van der Waals surface area contributed by atoms with E-state index in [1.54, 1.807) is 13.8 Å². The summed E-state index contributed by atoms with van der Waals surface area (Å²) in [6, 6.07) is -1.87. The zero-order valence-electron chi connectivity index (χ0n) is 20.8. The van der Waals surface area contributed by atoms with Gasteiger partial charge in [0.25, 0.3) is 5.79 Å². The van der Waals surface area contributed by atoms with Crippen molar-refractivity contribution in [2.24, 2.45) is 45.9 Å². The van der Waals surface area contributed by atoms with Gasteiger partial charge < -0.3 is 37.1 Å². The Labute approximate surface area is 201 Å². The maximum Gasteiger partial charge on any atom is 0.326 e. The molecule has 194 valence electrons. The summed E-state index contributed by atoms with van der Waals surface area (Å²) in [7, 11) is 0. The van der Waals surface area contributed by atoms with Crippen molar-refractivity contribution < 1.29 is 29.0 Å². The molecule has 2 aliphatic rings. The normalized spacial score (nSPS) is 27.1. The van der Waals surface area contributed by atoms with Gasteiger partial charge in [-0.15, -0.1) is 0 Å². The summed E-state index contributed by atoms with van der Waals surface area (Å²) < 4.78 is 11.0. The number of guanidine groups is 1. The van der Waals surface area contributed by atoms with Crippen LogP contribution in [0.15, 0.2) is 4.99 Å². The number of hydrogen-bond acceptors (Lipinski definition) is 8. The van der Waals surface area contributed by atoms with Crippen molar-refractivity contribution in [3.8, 4) is 0 Å². The number of rotatable bonds is 11. The fraction of sp³-hybridized carbons (Fsp3) is 0.826. The highest BCUT2D eigenvalue weighted by molar-refractivity contribution is 5.79. The van der Waals surface area contributed by atoms with Gasteiger partial charge in [-0.2, -0.15) is 0 Å². The van der Waals surface area contributed by atoms with E-state index in [1.165, 1.54) is 6.92 Å². The number of carbonyl (C=O) groups excluding carboxylic acids is 3. The van der Waals surface area contributed by atoms with Crippen molar-refractivity contribution in [2.45, 2.75) is 96.7 Å². The van der Waals surface area contributed by atoms with Gasteiger partial charge in [0.2, 0.25) is 5.91 Å². The topological polar surface area (TPSA) is 192 Å². The smallest absolute Gasteiger partial charge is 0.326 e. The van der Waals surface area contributed by atoms with E-state index < -0.39 is 53.8 Å². The standard InChI is InChI=1S/C23H41N5O6/c1-6-13(7-2)18(27-12(5)29)16-15(28-22(25)26)10-14(19(16)30)20(31)33-23(8-9-23)34-21(32)17(24)11(3)4/h11,13-19,30H,6-10,24H2,1-5H3,(H,27,29)(H4,25,26,28)/t14-,15?,16+,17+,18-,19+/m0/s1. The third-order valence-corrected chi connectivity index (χ3v) is 6.93. The number of nitrogens with two attached hydrogens (primary N) is 3. The molecule has 11 nitrogen and oxygen atoms in total. The van der Waals surface area contributed by atoms with Crippen molar-refractivity contribution in [1.82, 2.24) is 5.32 Å². The minimum Gasteiger partial charge on any atom is -0.422 e. The van der Waals surface area contributed by atoms with E-state index in [4.69, 9.17) is 26.7 Å². The molecule has 34 heavy (non-hydrogen) atoms. The number of aliphatic hydroxyl groups is 1. The molecule has 0 aromatic heterocycles. The molecule has 2 saturated carbocycles. The molecule has 0 aromatic carbocycles. The summed E-state index contributed by atoms with van der Waals surface area (Å²) in [5.74, 6) is -4.73. The molecule has 0 aromatic rings. The number of carbonyl (C=O) groups is 3. The molecule has 0 spiro atoms. The van der Waals surface area contributed by atoms with Crippen LogP contribution < -0.4 is 22.5 Å². The van der Waals surface area contributed by atoms with Crippen LogP contribution in [0.25, 0.3) is 0 Å². The van der Waals surface area contributed by atoms with Gasteiger partial charge >= 0.3 is 11.9 Å². The van der Waals surface area contributed by atoms with E-state index in [9.17, 15) is 19.5 Å². The molecule has 0 heterocycles. The average molecular weight is 484 g/mol. The largest absolute Gasteiger partial charge is 0.422 e. The lowest BCUT2D eigenvalue weighted by Gasteiger charge is -2.35. The van der Waals surface area contributed by atoms with Crippen molar-refractivity contribution in [3.63, 3.8) is 0 Å². The average Bonchev–Trinajstić information content (AvgIpc) is 3.41. The Morgan fingerprint density at radius 1 is 1.15 bits per heavy atom. The number of hydrogen-bond donors (Lipinski definition) is 5. The summed E-state index contributed by atoms with van der Waals surface area (Å²) in [6.07, 6.45) is 1.20. The first-order valence-corrected chi connectivity index (χ1v) is 12.1. The van der Waals surface area contributed by atoms with Gasteiger partial charge in [0, 0.05) is 31.7 Å². The van der Waals surface area contributed by atoms with Crippen molar-refractivity contribution >= 4 is 23.8 Å². The first-order chi connectivity index (χ1) is 15.9. The highest BCUT2D eigenvalue weighted by atomic mass is 16.7. The quantitative estimate of drug-likeness (QED) is 0.117. The van der Waals surface area contributed by atoms with Gasteiger partial charge in [-0.05, 0) is 18.3 Å². The lowest BCUT2D eigenvalue weighted by atomic mass is 9.80. The number of amides is 1. The van der Waals surface area contributed by atoms with Crippen LogP contribution in [0, 0.1) is 23.7 Å². The molecule has 6 atom stereocenters. The number of aliphatic hydroxyl groups excluding tert-OH is 1. The third-order valence-electron chi connectivity index (χ3n) is 6.93. The second-order valence-corrected chi connectivity index (χ2v) is 9.86. The predicted molar refractivity (Wildman–Crippen MR) is 126 cm³/mol. The van der Waals surface area contributed by atoms with E-state index in [1.807, 2.05) is 13.8 Å². The summed E-state index contributed by atoms with van der Waals surface area (Å²) in [5.41, 5.74) is 17.1. The molecule has 1 unspecified atom stereocenters. The Bertz CT molecular complexity index is 776. The van der Waals surface area contributed by atoms with Crippen LogP contribution >= 0.6 is 0 Å². The number of aliphatic imine (C=N–C) groups is 1. The highest BCUT2D eigenvalue weighted by Crippen LogP contribution is 2.45. The van der Waals surface area contributed by atoms with Crippen LogP contribution in [0.4, 0.5) is 0 Å². The van der Waals surface area contributed by atoms with Gasteiger partial charge in [0.1, 0.15) is 6.04 Å². The second-order valence-electron chi connectivity index (χ2n) is 9.86. The molecule has 2 rings (SSSR count). The van der Waals surface area contributed by atoms with Crippen LogP contribution in [0.3, 0.4) is 0 Å². The SMILES string of the molecule is CCC(CC)[C@H](NC(C)=O)[C@H]1C(N=C(N)N)C[C@H](C(=O)OC2(OC(=O)[C@H](N)C(C)C)CC2)[C@H]1O. The lowest BCUT2D eigenvalue weighted by Crippen LogP contribution is -2.51. The van der Waals surface area contributed by atoms with E-state index in [0.29, 0.717) is 12.8 Å². The van der Waals surface area contributed by atoms with Crippen LogP contribution in [-0.4, -0.2) is 58.9 Å². The van der Waals surface area contributed by atoms with Crippen molar-refractivity contribution in [1.29, 1.82) is 0 Å². The number of ether oxygens (including phenoxy) is 2. The maximum absolute atomic E-state index is 13.1. The fourth-order valence-electron chi connectivity index (χ4n) is 4.74. The lowest BCUT2D eigenvalue weighted by molar-refractivity contribution is -0.202. The first kappa shape index (κ1) is 27.8. The van der Waals surface area contributed by atoms with Gasteiger partial charge in [0.15, 0.2) is 5.96 Å². The molecule has 2 aliphatic carbocycles. The third kappa shape index (κ3) is 6.59. The second kappa shape index (κ2) is 11.4. The van der Waals surface area contributed by atoms with E-state index in [-0.39, 0.29) is 30.1 Å². The van der Waals surface area contributed by atoms with Crippen LogP contribution in [0.2, 0.25) is 0 Å².